The Balaban J connectivity index is 1.92. The fourth-order valence-corrected chi connectivity index (χ4v) is 2.19. The Morgan fingerprint density at radius 1 is 1.26 bits per heavy atom. The summed E-state index contributed by atoms with van der Waals surface area (Å²) in [4.78, 5) is 15.6. The van der Waals surface area contributed by atoms with E-state index in [9.17, 15) is 4.79 Å². The number of carbonyl (C=O) groups excluding carboxylic acids is 1. The van der Waals surface area contributed by atoms with Crippen molar-refractivity contribution >= 4 is 11.6 Å². The van der Waals surface area contributed by atoms with Crippen LogP contribution in [0.4, 0.5) is 5.69 Å². The molecule has 0 aromatic heterocycles. The molecule has 1 aromatic carbocycles. The quantitative estimate of drug-likeness (QED) is 0.820. The number of piperazine rings is 1. The second-order valence-corrected chi connectivity index (χ2v) is 4.40. The molecule has 0 saturated carbocycles. The SMILES string of the molecule is COc1ccc(N2CCN(C(=O)CC#N)CC2)cc1. The van der Waals surface area contributed by atoms with Gasteiger partial charge in [0, 0.05) is 31.9 Å². The summed E-state index contributed by atoms with van der Waals surface area (Å²) in [6.07, 6.45) is -0.0253. The molecule has 1 heterocycles. The van der Waals surface area contributed by atoms with Gasteiger partial charge in [-0.25, -0.2) is 0 Å². The van der Waals surface area contributed by atoms with Crippen molar-refractivity contribution in [1.82, 2.24) is 4.90 Å². The predicted molar refractivity (Wildman–Crippen MR) is 72.0 cm³/mol. The van der Waals surface area contributed by atoms with Gasteiger partial charge in [-0.3, -0.25) is 4.79 Å². The molecule has 0 unspecified atom stereocenters. The number of methoxy groups -OCH3 is 1. The van der Waals surface area contributed by atoms with Crippen molar-refractivity contribution in [1.29, 1.82) is 5.26 Å². The molecule has 1 aliphatic heterocycles. The average Bonchev–Trinajstić information content (AvgIpc) is 2.48. The van der Waals surface area contributed by atoms with E-state index in [1.54, 1.807) is 12.0 Å². The molecule has 100 valence electrons. The molecule has 0 bridgehead atoms. The number of hydrogen-bond donors (Lipinski definition) is 0. The number of nitriles is 1. The molecular formula is C14H17N3O2. The number of ether oxygens (including phenoxy) is 1. The zero-order valence-corrected chi connectivity index (χ0v) is 11.0. The van der Waals surface area contributed by atoms with Gasteiger partial charge in [0.2, 0.25) is 5.91 Å². The second kappa shape index (κ2) is 6.10. The van der Waals surface area contributed by atoms with Crippen LogP contribution in [0, 0.1) is 11.3 Å². The van der Waals surface area contributed by atoms with Gasteiger partial charge in [0.25, 0.3) is 0 Å². The van der Waals surface area contributed by atoms with Crippen LogP contribution in [0.25, 0.3) is 0 Å². The van der Waals surface area contributed by atoms with Crippen LogP contribution in [0.1, 0.15) is 6.42 Å². The van der Waals surface area contributed by atoms with Crippen LogP contribution in [0.5, 0.6) is 5.75 Å². The average molecular weight is 259 g/mol. The highest BCUT2D eigenvalue weighted by atomic mass is 16.5. The minimum absolute atomic E-state index is 0.0253. The Bertz CT molecular complexity index is 470. The lowest BCUT2D eigenvalue weighted by Gasteiger charge is -2.35. The van der Waals surface area contributed by atoms with E-state index in [1.807, 2.05) is 30.3 Å². The molecule has 0 N–H and O–H groups in total. The van der Waals surface area contributed by atoms with Crippen molar-refractivity contribution in [3.8, 4) is 11.8 Å². The van der Waals surface area contributed by atoms with E-state index in [0.29, 0.717) is 13.1 Å². The number of rotatable bonds is 3. The standard InChI is InChI=1S/C14H17N3O2/c1-19-13-4-2-12(3-5-13)16-8-10-17(11-9-16)14(18)6-7-15/h2-5H,6,8-11H2,1H3. The number of nitrogens with zero attached hydrogens (tertiary/aromatic N) is 3. The van der Waals surface area contributed by atoms with E-state index in [-0.39, 0.29) is 12.3 Å². The zero-order valence-electron chi connectivity index (χ0n) is 11.0. The van der Waals surface area contributed by atoms with Gasteiger partial charge in [0.15, 0.2) is 0 Å². The summed E-state index contributed by atoms with van der Waals surface area (Å²) in [6.45, 7) is 2.94. The largest absolute Gasteiger partial charge is 0.497 e. The molecule has 2 rings (SSSR count). The van der Waals surface area contributed by atoms with Crippen LogP contribution in [0.3, 0.4) is 0 Å². The number of anilines is 1. The Labute approximate surface area is 113 Å². The van der Waals surface area contributed by atoms with Crippen LogP contribution in [0.2, 0.25) is 0 Å². The lowest BCUT2D eigenvalue weighted by atomic mass is 10.2. The van der Waals surface area contributed by atoms with E-state index < -0.39 is 0 Å². The molecule has 0 radical (unpaired) electrons. The Morgan fingerprint density at radius 2 is 1.89 bits per heavy atom. The fraction of sp³-hybridized carbons (Fsp3) is 0.429. The molecule has 0 atom stereocenters. The van der Waals surface area contributed by atoms with E-state index >= 15 is 0 Å². The normalized spacial score (nSPS) is 14.9. The zero-order chi connectivity index (χ0) is 13.7. The monoisotopic (exact) mass is 259 g/mol. The minimum Gasteiger partial charge on any atom is -0.497 e. The van der Waals surface area contributed by atoms with Crippen LogP contribution < -0.4 is 9.64 Å². The number of carbonyl (C=O) groups is 1. The molecule has 1 aromatic rings. The molecule has 0 spiro atoms. The molecular weight excluding hydrogens is 242 g/mol. The van der Waals surface area contributed by atoms with Crippen molar-refractivity contribution in [2.45, 2.75) is 6.42 Å². The number of amides is 1. The van der Waals surface area contributed by atoms with Crippen molar-refractivity contribution in [2.24, 2.45) is 0 Å². The van der Waals surface area contributed by atoms with Crippen molar-refractivity contribution in [2.75, 3.05) is 38.2 Å². The molecule has 1 saturated heterocycles. The first-order valence-corrected chi connectivity index (χ1v) is 6.28. The summed E-state index contributed by atoms with van der Waals surface area (Å²) in [7, 11) is 1.65. The highest BCUT2D eigenvalue weighted by molar-refractivity contribution is 5.78. The van der Waals surface area contributed by atoms with E-state index in [2.05, 4.69) is 4.90 Å². The maximum absolute atomic E-state index is 11.6. The molecule has 1 amide bonds. The Hall–Kier alpha value is -2.22. The Morgan fingerprint density at radius 3 is 2.42 bits per heavy atom. The third-order valence-corrected chi connectivity index (χ3v) is 3.30. The summed E-state index contributed by atoms with van der Waals surface area (Å²) in [6, 6.07) is 9.81. The van der Waals surface area contributed by atoms with E-state index in [0.717, 1.165) is 24.5 Å². The van der Waals surface area contributed by atoms with Gasteiger partial charge in [-0.15, -0.1) is 0 Å². The van der Waals surface area contributed by atoms with Gasteiger partial charge < -0.3 is 14.5 Å². The van der Waals surface area contributed by atoms with Crippen molar-refractivity contribution in [3.63, 3.8) is 0 Å². The lowest BCUT2D eigenvalue weighted by molar-refractivity contribution is -0.130. The van der Waals surface area contributed by atoms with Crippen molar-refractivity contribution in [3.05, 3.63) is 24.3 Å². The van der Waals surface area contributed by atoms with Crippen LogP contribution in [0.15, 0.2) is 24.3 Å². The summed E-state index contributed by atoms with van der Waals surface area (Å²) in [5.41, 5.74) is 1.13. The minimum atomic E-state index is -0.0723. The fourth-order valence-electron chi connectivity index (χ4n) is 2.19. The molecule has 1 aliphatic rings. The highest BCUT2D eigenvalue weighted by Gasteiger charge is 2.20. The van der Waals surface area contributed by atoms with Gasteiger partial charge >= 0.3 is 0 Å². The van der Waals surface area contributed by atoms with Crippen LogP contribution >= 0.6 is 0 Å². The van der Waals surface area contributed by atoms with Crippen molar-refractivity contribution < 1.29 is 9.53 Å². The van der Waals surface area contributed by atoms with Gasteiger partial charge in [0.05, 0.1) is 13.2 Å². The Kier molecular flexibility index (Phi) is 4.24. The van der Waals surface area contributed by atoms with E-state index in [4.69, 9.17) is 10.00 Å². The molecule has 5 nitrogen and oxygen atoms in total. The first-order chi connectivity index (χ1) is 9.24. The van der Waals surface area contributed by atoms with Gasteiger partial charge in [-0.05, 0) is 24.3 Å². The van der Waals surface area contributed by atoms with Gasteiger partial charge in [-0.2, -0.15) is 5.26 Å². The molecule has 0 aliphatic carbocycles. The third kappa shape index (κ3) is 3.16. The smallest absolute Gasteiger partial charge is 0.236 e. The summed E-state index contributed by atoms with van der Waals surface area (Å²) >= 11 is 0. The van der Waals surface area contributed by atoms with E-state index in [1.165, 1.54) is 0 Å². The third-order valence-electron chi connectivity index (χ3n) is 3.30. The predicted octanol–water partition coefficient (Wildman–Crippen LogP) is 1.26. The van der Waals surface area contributed by atoms with Crippen LogP contribution in [-0.2, 0) is 4.79 Å². The summed E-state index contributed by atoms with van der Waals surface area (Å²) < 4.78 is 5.13. The maximum atomic E-state index is 11.6. The molecule has 1 fully saturated rings. The van der Waals surface area contributed by atoms with Gasteiger partial charge in [-0.1, -0.05) is 0 Å². The van der Waals surface area contributed by atoms with Crippen LogP contribution in [-0.4, -0.2) is 44.1 Å². The highest BCUT2D eigenvalue weighted by Crippen LogP contribution is 2.20. The number of benzene rings is 1. The molecule has 5 heteroatoms. The summed E-state index contributed by atoms with van der Waals surface area (Å²) in [5.74, 6) is 0.767. The maximum Gasteiger partial charge on any atom is 0.236 e. The number of hydrogen-bond acceptors (Lipinski definition) is 4. The second-order valence-electron chi connectivity index (χ2n) is 4.40. The topological polar surface area (TPSA) is 56.6 Å². The lowest BCUT2D eigenvalue weighted by Crippen LogP contribution is -2.48. The first-order valence-electron chi connectivity index (χ1n) is 6.28. The molecule has 19 heavy (non-hydrogen) atoms. The van der Waals surface area contributed by atoms with Gasteiger partial charge in [0.1, 0.15) is 12.2 Å². The summed E-state index contributed by atoms with van der Waals surface area (Å²) in [5, 5.41) is 8.53. The first kappa shape index (κ1) is 13.2.